The molecule has 17 heteroatoms. The van der Waals surface area contributed by atoms with Crippen molar-refractivity contribution >= 4 is 0 Å². The van der Waals surface area contributed by atoms with Crippen LogP contribution in [0.25, 0.3) is 0 Å². The SMILES string of the molecule is CCCCCCCCCCCCCCCCOCC(COCCCCCCCCCCCCCCCC)(COCCOCCOCCO[C@H]1O[C@H](CO)[C@@H](O)[C@H](O)[C@@H]1O)CO[C@H]1O[C@H](CO)[C@@H](O)[C@H](O)[C@@H]1O. The summed E-state index contributed by atoms with van der Waals surface area (Å²) in [6, 6.07) is 0. The summed E-state index contributed by atoms with van der Waals surface area (Å²) in [5.74, 6) is 0. The van der Waals surface area contributed by atoms with Gasteiger partial charge >= 0.3 is 0 Å². The van der Waals surface area contributed by atoms with Crippen molar-refractivity contribution in [1.82, 2.24) is 0 Å². The summed E-state index contributed by atoms with van der Waals surface area (Å²) in [7, 11) is 0. The first-order valence-electron chi connectivity index (χ1n) is 28.9. The fourth-order valence-electron chi connectivity index (χ4n) is 9.25. The molecule has 72 heavy (non-hydrogen) atoms. The summed E-state index contributed by atoms with van der Waals surface area (Å²) in [6.07, 6.45) is 21.6. The maximum atomic E-state index is 10.8. The first kappa shape index (κ1) is 67.4. The van der Waals surface area contributed by atoms with Crippen molar-refractivity contribution in [1.29, 1.82) is 0 Å². The zero-order chi connectivity index (χ0) is 52.3. The number of rotatable bonds is 51. The Morgan fingerprint density at radius 3 is 0.944 bits per heavy atom. The molecule has 2 fully saturated rings. The van der Waals surface area contributed by atoms with Crippen LogP contribution in [-0.4, -0.2) is 195 Å². The van der Waals surface area contributed by atoms with Gasteiger partial charge in [-0.2, -0.15) is 0 Å². The van der Waals surface area contributed by atoms with Gasteiger partial charge in [0.2, 0.25) is 0 Å². The summed E-state index contributed by atoms with van der Waals surface area (Å²) >= 11 is 0. The lowest BCUT2D eigenvalue weighted by molar-refractivity contribution is -0.309. The second-order valence-electron chi connectivity index (χ2n) is 20.7. The molecule has 0 saturated carbocycles. The molecule has 2 aliphatic rings. The van der Waals surface area contributed by atoms with E-state index in [-0.39, 0.29) is 66.1 Å². The van der Waals surface area contributed by atoms with E-state index in [9.17, 15) is 40.9 Å². The summed E-state index contributed by atoms with van der Waals surface area (Å²) in [5.41, 5.74) is -0.838. The number of hydrogen-bond acceptors (Lipinski definition) is 17. The highest BCUT2D eigenvalue weighted by molar-refractivity contribution is 4.90. The van der Waals surface area contributed by atoms with Crippen molar-refractivity contribution in [3.8, 4) is 0 Å². The third-order valence-electron chi connectivity index (χ3n) is 14.0. The van der Waals surface area contributed by atoms with Gasteiger partial charge in [0.25, 0.3) is 0 Å². The fraction of sp³-hybridized carbons (Fsp3) is 1.00. The first-order chi connectivity index (χ1) is 35.1. The molecule has 2 heterocycles. The van der Waals surface area contributed by atoms with Gasteiger partial charge in [-0.3, -0.25) is 0 Å². The Morgan fingerprint density at radius 1 is 0.306 bits per heavy atom. The third kappa shape index (κ3) is 30.9. The Balaban J connectivity index is 1.88. The highest BCUT2D eigenvalue weighted by Crippen LogP contribution is 2.28. The molecule has 0 bridgehead atoms. The van der Waals surface area contributed by atoms with Crippen LogP contribution in [0.3, 0.4) is 0 Å². The molecular formula is C55H108O17. The van der Waals surface area contributed by atoms with Crippen molar-refractivity contribution in [2.24, 2.45) is 5.41 Å². The molecule has 0 aromatic rings. The number of aliphatic hydroxyl groups excluding tert-OH is 8. The highest BCUT2D eigenvalue weighted by atomic mass is 16.7. The van der Waals surface area contributed by atoms with Crippen LogP contribution in [0.4, 0.5) is 0 Å². The van der Waals surface area contributed by atoms with E-state index < -0.39 is 80.0 Å². The van der Waals surface area contributed by atoms with Gasteiger partial charge in [0.15, 0.2) is 12.6 Å². The van der Waals surface area contributed by atoms with E-state index in [1.54, 1.807) is 0 Å². The molecule has 8 N–H and O–H groups in total. The molecular weight excluding hydrogens is 933 g/mol. The molecule has 430 valence electrons. The van der Waals surface area contributed by atoms with Gasteiger partial charge in [0.1, 0.15) is 48.8 Å². The summed E-state index contributed by atoms with van der Waals surface area (Å²) < 4.78 is 52.9. The normalized spacial score (nSPS) is 24.9. The molecule has 2 saturated heterocycles. The lowest BCUT2D eigenvalue weighted by Gasteiger charge is -2.41. The minimum Gasteiger partial charge on any atom is -0.394 e. The lowest BCUT2D eigenvalue weighted by Crippen LogP contribution is -2.59. The summed E-state index contributed by atoms with van der Waals surface area (Å²) in [4.78, 5) is 0. The van der Waals surface area contributed by atoms with E-state index in [0.717, 1.165) is 38.5 Å². The Bertz CT molecular complexity index is 1140. The van der Waals surface area contributed by atoms with Crippen molar-refractivity contribution < 1.29 is 83.5 Å². The number of ether oxygens (including phenoxy) is 9. The average molecular weight is 1040 g/mol. The number of hydrogen-bond donors (Lipinski definition) is 8. The predicted octanol–water partition coefficient (Wildman–Crippen LogP) is 6.65. The van der Waals surface area contributed by atoms with Crippen LogP contribution in [0.5, 0.6) is 0 Å². The number of aliphatic hydroxyl groups is 8. The quantitative estimate of drug-likeness (QED) is 0.0297. The average Bonchev–Trinajstić information content (AvgIpc) is 3.38. The minimum atomic E-state index is -1.57. The van der Waals surface area contributed by atoms with E-state index >= 15 is 0 Å². The van der Waals surface area contributed by atoms with Crippen molar-refractivity contribution in [3.05, 3.63) is 0 Å². The van der Waals surface area contributed by atoms with E-state index in [4.69, 9.17) is 42.6 Å². The summed E-state index contributed by atoms with van der Waals surface area (Å²) in [6.45, 7) is 6.31. The van der Waals surface area contributed by atoms with E-state index in [0.29, 0.717) is 13.2 Å². The van der Waals surface area contributed by atoms with Gasteiger partial charge in [-0.1, -0.05) is 181 Å². The molecule has 2 rings (SSSR count). The molecule has 0 aromatic carbocycles. The summed E-state index contributed by atoms with van der Waals surface area (Å²) in [5, 5.41) is 81.0. The maximum absolute atomic E-state index is 10.8. The second-order valence-corrected chi connectivity index (χ2v) is 20.7. The smallest absolute Gasteiger partial charge is 0.186 e. The van der Waals surface area contributed by atoms with Gasteiger partial charge in [0, 0.05) is 13.2 Å². The van der Waals surface area contributed by atoms with Crippen molar-refractivity contribution in [3.63, 3.8) is 0 Å². The topological polar surface area (TPSA) is 245 Å². The maximum Gasteiger partial charge on any atom is 0.186 e. The Morgan fingerprint density at radius 2 is 0.597 bits per heavy atom. The van der Waals surface area contributed by atoms with Gasteiger partial charge < -0.3 is 83.5 Å². The van der Waals surface area contributed by atoms with Crippen LogP contribution in [0, 0.1) is 5.41 Å². The monoisotopic (exact) mass is 1040 g/mol. The largest absolute Gasteiger partial charge is 0.394 e. The lowest BCUT2D eigenvalue weighted by atomic mass is 9.91. The van der Waals surface area contributed by atoms with Gasteiger partial charge in [-0.15, -0.1) is 0 Å². The standard InChI is InChI=1S/C55H108O17/c1-3-5-7-9-11-13-15-17-19-21-23-25-27-29-31-66-41-55(44-70-54-52(63)50(61)48(59)46(40-57)72-54,42-67-32-30-28-26-24-22-20-18-16-14-12-10-8-6-4-2)43-68-36-35-64-33-34-65-37-38-69-53-51(62)49(60)47(58)45(39-56)71-53/h45-54,56-63H,3-44H2,1-2H3/t45-,46-,47-,48-,49+,50+,51+,52+,53+,54+/m1/s1. The highest BCUT2D eigenvalue weighted by Gasteiger charge is 2.46. The molecule has 0 amide bonds. The zero-order valence-corrected chi connectivity index (χ0v) is 45.2. The molecule has 0 unspecified atom stereocenters. The van der Waals surface area contributed by atoms with Crippen molar-refractivity contribution in [2.45, 2.75) is 255 Å². The van der Waals surface area contributed by atoms with Crippen LogP contribution in [0.1, 0.15) is 194 Å². The molecule has 10 atom stereocenters. The Labute approximate surface area is 435 Å². The van der Waals surface area contributed by atoms with E-state index in [2.05, 4.69) is 13.8 Å². The Hall–Kier alpha value is -0.680. The molecule has 0 radical (unpaired) electrons. The molecule has 17 nitrogen and oxygen atoms in total. The van der Waals surface area contributed by atoms with Crippen LogP contribution in [0.2, 0.25) is 0 Å². The zero-order valence-electron chi connectivity index (χ0n) is 45.2. The van der Waals surface area contributed by atoms with Crippen molar-refractivity contribution in [2.75, 3.05) is 92.5 Å². The molecule has 2 aliphatic heterocycles. The number of unbranched alkanes of at least 4 members (excludes halogenated alkanes) is 26. The fourth-order valence-corrected chi connectivity index (χ4v) is 9.25. The van der Waals surface area contributed by atoms with Crippen LogP contribution in [-0.2, 0) is 42.6 Å². The van der Waals surface area contributed by atoms with Gasteiger partial charge in [-0.25, -0.2) is 0 Å². The van der Waals surface area contributed by atoms with Gasteiger partial charge in [0.05, 0.1) is 84.7 Å². The third-order valence-corrected chi connectivity index (χ3v) is 14.0. The van der Waals surface area contributed by atoms with Crippen LogP contribution < -0.4 is 0 Å². The molecule has 0 aromatic heterocycles. The first-order valence-corrected chi connectivity index (χ1v) is 28.9. The van der Waals surface area contributed by atoms with E-state index in [1.165, 1.54) is 141 Å². The van der Waals surface area contributed by atoms with Crippen LogP contribution in [0.15, 0.2) is 0 Å². The van der Waals surface area contributed by atoms with Crippen LogP contribution >= 0.6 is 0 Å². The predicted molar refractivity (Wildman–Crippen MR) is 277 cm³/mol. The van der Waals surface area contributed by atoms with Gasteiger partial charge in [-0.05, 0) is 12.8 Å². The van der Waals surface area contributed by atoms with E-state index in [1.807, 2.05) is 0 Å². The second kappa shape index (κ2) is 45.3. The molecule has 0 spiro atoms. The Kier molecular flexibility index (Phi) is 42.5. The molecule has 0 aliphatic carbocycles. The minimum absolute atomic E-state index is 0.0208.